The van der Waals surface area contributed by atoms with Gasteiger partial charge in [0.05, 0.1) is 11.4 Å². The van der Waals surface area contributed by atoms with E-state index in [4.69, 9.17) is 5.73 Å². The van der Waals surface area contributed by atoms with Gasteiger partial charge in [-0.05, 0) is 38.0 Å². The van der Waals surface area contributed by atoms with Crippen LogP contribution in [0, 0.1) is 6.92 Å². The van der Waals surface area contributed by atoms with E-state index in [9.17, 15) is 9.59 Å². The summed E-state index contributed by atoms with van der Waals surface area (Å²) in [6.07, 6.45) is 1.91. The summed E-state index contributed by atoms with van der Waals surface area (Å²) in [5.41, 5.74) is 7.92. The van der Waals surface area contributed by atoms with Gasteiger partial charge in [0, 0.05) is 24.7 Å². The van der Waals surface area contributed by atoms with E-state index in [2.05, 4.69) is 5.32 Å². The molecule has 22 heavy (non-hydrogen) atoms. The molecule has 0 radical (unpaired) electrons. The minimum Gasteiger partial charge on any atom is -0.397 e. The first-order valence-corrected chi connectivity index (χ1v) is 7.39. The number of carbonyl (C=O) groups excluding carboxylic acids is 1. The Hall–Kier alpha value is -2.56. The number of amides is 1. The number of nitrogens with two attached hydrogens (primary N) is 1. The molecule has 0 aliphatic carbocycles. The molecule has 5 nitrogen and oxygen atoms in total. The van der Waals surface area contributed by atoms with Crippen molar-refractivity contribution in [1.82, 2.24) is 4.57 Å². The fourth-order valence-corrected chi connectivity index (χ4v) is 2.29. The number of pyridine rings is 1. The molecule has 1 aromatic heterocycles. The second kappa shape index (κ2) is 7.45. The van der Waals surface area contributed by atoms with Crippen molar-refractivity contribution >= 4 is 17.3 Å². The lowest BCUT2D eigenvalue weighted by atomic mass is 10.2. The number of hydrogen-bond donors (Lipinski definition) is 2. The number of nitrogens with one attached hydrogen (secondary N) is 1. The van der Waals surface area contributed by atoms with E-state index >= 15 is 0 Å². The number of benzene rings is 1. The monoisotopic (exact) mass is 299 g/mol. The minimum absolute atomic E-state index is 0.00140. The summed E-state index contributed by atoms with van der Waals surface area (Å²) in [5, 5.41) is 2.80. The van der Waals surface area contributed by atoms with Crippen LogP contribution < -0.4 is 16.6 Å². The van der Waals surface area contributed by atoms with Crippen molar-refractivity contribution in [3.8, 4) is 0 Å². The number of carbonyl (C=O) groups is 1. The number of nitrogens with zero attached hydrogens (tertiary/aromatic N) is 1. The Labute approximate surface area is 129 Å². The summed E-state index contributed by atoms with van der Waals surface area (Å²) >= 11 is 0. The van der Waals surface area contributed by atoms with Crippen LogP contribution in [-0.4, -0.2) is 10.5 Å². The largest absolute Gasteiger partial charge is 0.397 e. The third kappa shape index (κ3) is 4.22. The van der Waals surface area contributed by atoms with Crippen molar-refractivity contribution in [3.63, 3.8) is 0 Å². The quantitative estimate of drug-likeness (QED) is 0.635. The van der Waals surface area contributed by atoms with Crippen molar-refractivity contribution < 1.29 is 4.79 Å². The minimum atomic E-state index is -0.0602. The molecule has 0 bridgehead atoms. The van der Waals surface area contributed by atoms with Crippen LogP contribution in [0.1, 0.15) is 25.0 Å². The maximum atomic E-state index is 11.9. The maximum Gasteiger partial charge on any atom is 0.250 e. The Kier molecular flexibility index (Phi) is 5.36. The van der Waals surface area contributed by atoms with Gasteiger partial charge in [-0.3, -0.25) is 9.59 Å². The fourth-order valence-electron chi connectivity index (χ4n) is 2.29. The van der Waals surface area contributed by atoms with Gasteiger partial charge in [-0.15, -0.1) is 0 Å². The Morgan fingerprint density at radius 3 is 2.64 bits per heavy atom. The Morgan fingerprint density at radius 2 is 1.91 bits per heavy atom. The number of aromatic nitrogens is 1. The van der Waals surface area contributed by atoms with Gasteiger partial charge in [0.2, 0.25) is 5.91 Å². The van der Waals surface area contributed by atoms with E-state index < -0.39 is 0 Å². The van der Waals surface area contributed by atoms with Gasteiger partial charge in [-0.25, -0.2) is 0 Å². The van der Waals surface area contributed by atoms with Crippen molar-refractivity contribution in [2.45, 2.75) is 32.7 Å². The van der Waals surface area contributed by atoms with Crippen LogP contribution >= 0.6 is 0 Å². The number of nitrogen functional groups attached to an aromatic ring is 1. The van der Waals surface area contributed by atoms with E-state index in [0.29, 0.717) is 24.3 Å². The van der Waals surface area contributed by atoms with Crippen LogP contribution in [0.2, 0.25) is 0 Å². The molecule has 1 aromatic carbocycles. The van der Waals surface area contributed by atoms with Crippen LogP contribution in [0.5, 0.6) is 0 Å². The Balaban J connectivity index is 1.78. The van der Waals surface area contributed by atoms with Gasteiger partial charge >= 0.3 is 0 Å². The van der Waals surface area contributed by atoms with Gasteiger partial charge < -0.3 is 15.6 Å². The molecular formula is C17H21N3O2. The van der Waals surface area contributed by atoms with Crippen LogP contribution in [0.25, 0.3) is 0 Å². The SMILES string of the molecule is Cc1cccc(=O)n1CCCCC(=O)Nc1ccccc1N. The number of hydrogen-bond acceptors (Lipinski definition) is 3. The van der Waals surface area contributed by atoms with Crippen molar-refractivity contribution in [2.24, 2.45) is 0 Å². The molecule has 0 atom stereocenters. The molecule has 0 aliphatic heterocycles. The van der Waals surface area contributed by atoms with Crippen LogP contribution in [0.4, 0.5) is 11.4 Å². The highest BCUT2D eigenvalue weighted by molar-refractivity contribution is 5.93. The first kappa shape index (κ1) is 15.8. The van der Waals surface area contributed by atoms with Crippen LogP contribution in [0.3, 0.4) is 0 Å². The van der Waals surface area contributed by atoms with Gasteiger partial charge in [-0.1, -0.05) is 18.2 Å². The molecule has 0 aliphatic rings. The molecule has 2 rings (SSSR count). The molecule has 0 spiro atoms. The van der Waals surface area contributed by atoms with Crippen molar-refractivity contribution in [1.29, 1.82) is 0 Å². The average molecular weight is 299 g/mol. The predicted molar refractivity (Wildman–Crippen MR) is 88.8 cm³/mol. The van der Waals surface area contributed by atoms with E-state index in [1.54, 1.807) is 28.8 Å². The number of aryl methyl sites for hydroxylation is 1. The zero-order valence-corrected chi connectivity index (χ0v) is 12.7. The number of rotatable bonds is 6. The second-order valence-electron chi connectivity index (χ2n) is 5.25. The summed E-state index contributed by atoms with van der Waals surface area (Å²) in [7, 11) is 0. The van der Waals surface area contributed by atoms with E-state index in [-0.39, 0.29) is 11.5 Å². The van der Waals surface area contributed by atoms with Crippen molar-refractivity contribution in [3.05, 3.63) is 58.5 Å². The van der Waals surface area contributed by atoms with Gasteiger partial charge in [0.15, 0.2) is 0 Å². The lowest BCUT2D eigenvalue weighted by Gasteiger charge is -2.10. The maximum absolute atomic E-state index is 11.9. The highest BCUT2D eigenvalue weighted by Crippen LogP contribution is 2.17. The Morgan fingerprint density at radius 1 is 1.14 bits per heavy atom. The first-order chi connectivity index (χ1) is 10.6. The number of anilines is 2. The van der Waals surface area contributed by atoms with Gasteiger partial charge in [0.1, 0.15) is 0 Å². The lowest BCUT2D eigenvalue weighted by molar-refractivity contribution is -0.116. The highest BCUT2D eigenvalue weighted by atomic mass is 16.1. The number of para-hydroxylation sites is 2. The first-order valence-electron chi connectivity index (χ1n) is 7.39. The lowest BCUT2D eigenvalue weighted by Crippen LogP contribution is -2.21. The molecular weight excluding hydrogens is 278 g/mol. The summed E-state index contributed by atoms with van der Waals surface area (Å²) in [5.74, 6) is -0.0602. The van der Waals surface area contributed by atoms with Crippen LogP contribution in [-0.2, 0) is 11.3 Å². The molecule has 0 saturated heterocycles. The zero-order valence-electron chi connectivity index (χ0n) is 12.7. The third-order valence-corrected chi connectivity index (χ3v) is 3.54. The Bertz CT molecular complexity index is 707. The topological polar surface area (TPSA) is 77.1 Å². The smallest absolute Gasteiger partial charge is 0.250 e. The van der Waals surface area contributed by atoms with E-state index in [0.717, 1.165) is 18.5 Å². The van der Waals surface area contributed by atoms with E-state index in [1.165, 1.54) is 0 Å². The molecule has 1 amide bonds. The summed E-state index contributed by atoms with van der Waals surface area (Å²) in [6.45, 7) is 2.54. The van der Waals surface area contributed by atoms with Crippen molar-refractivity contribution in [2.75, 3.05) is 11.1 Å². The van der Waals surface area contributed by atoms with Gasteiger partial charge in [-0.2, -0.15) is 0 Å². The molecule has 2 aromatic rings. The zero-order chi connectivity index (χ0) is 15.9. The molecule has 0 saturated carbocycles. The number of unbranched alkanes of at least 4 members (excludes halogenated alkanes) is 1. The summed E-state index contributed by atoms with van der Waals surface area (Å²) < 4.78 is 1.73. The summed E-state index contributed by atoms with van der Waals surface area (Å²) in [4.78, 5) is 23.6. The normalized spacial score (nSPS) is 10.4. The van der Waals surface area contributed by atoms with Gasteiger partial charge in [0.25, 0.3) is 5.56 Å². The average Bonchev–Trinajstić information content (AvgIpc) is 2.48. The standard InChI is InChI=1S/C17H21N3O2/c1-13-7-6-11-17(22)20(13)12-5-4-10-16(21)19-15-9-3-2-8-14(15)18/h2-3,6-9,11H,4-5,10,12,18H2,1H3,(H,19,21). The van der Waals surface area contributed by atoms with Crippen LogP contribution in [0.15, 0.2) is 47.3 Å². The molecule has 1 heterocycles. The predicted octanol–water partition coefficient (Wildman–Crippen LogP) is 2.55. The summed E-state index contributed by atoms with van der Waals surface area (Å²) in [6, 6.07) is 12.4. The molecule has 3 N–H and O–H groups in total. The fraction of sp³-hybridized carbons (Fsp3) is 0.294. The molecule has 116 valence electrons. The molecule has 0 fully saturated rings. The second-order valence-corrected chi connectivity index (χ2v) is 5.25. The molecule has 0 unspecified atom stereocenters. The highest BCUT2D eigenvalue weighted by Gasteiger charge is 2.05. The third-order valence-electron chi connectivity index (χ3n) is 3.54. The molecule has 5 heteroatoms. The van der Waals surface area contributed by atoms with E-state index in [1.807, 2.05) is 25.1 Å².